The van der Waals surface area contributed by atoms with Gasteiger partial charge in [-0.3, -0.25) is 9.59 Å². The van der Waals surface area contributed by atoms with Crippen LogP contribution in [0.5, 0.6) is 0 Å². The molecule has 5 heteroatoms. The summed E-state index contributed by atoms with van der Waals surface area (Å²) in [6, 6.07) is 26.8. The average molecular weight is 402 g/mol. The monoisotopic (exact) mass is 401 g/mol. The van der Waals surface area contributed by atoms with Crippen LogP contribution in [0.3, 0.4) is 0 Å². The van der Waals surface area contributed by atoms with Gasteiger partial charge in [0.05, 0.1) is 12.6 Å². The Balaban J connectivity index is 1.54. The van der Waals surface area contributed by atoms with E-state index in [0.717, 1.165) is 16.8 Å². The molecule has 1 unspecified atom stereocenters. The summed E-state index contributed by atoms with van der Waals surface area (Å²) in [5, 5.41) is 6.08. The predicted octanol–water partition coefficient (Wildman–Crippen LogP) is 4.25. The fourth-order valence-corrected chi connectivity index (χ4v) is 3.21. The summed E-state index contributed by atoms with van der Waals surface area (Å²) in [4.78, 5) is 26.7. The first-order chi connectivity index (χ1) is 14.5. The van der Waals surface area contributed by atoms with Crippen LogP contribution in [0, 0.1) is 0 Å². The van der Waals surface area contributed by atoms with Gasteiger partial charge in [0, 0.05) is 24.8 Å². The van der Waals surface area contributed by atoms with Gasteiger partial charge in [-0.15, -0.1) is 0 Å². The predicted molar refractivity (Wildman–Crippen MR) is 120 cm³/mol. The molecule has 1 atom stereocenters. The molecule has 0 radical (unpaired) electrons. The van der Waals surface area contributed by atoms with Crippen LogP contribution in [0.4, 0.5) is 5.69 Å². The Kier molecular flexibility index (Phi) is 7.22. The maximum atomic E-state index is 12.8. The lowest BCUT2D eigenvalue weighted by molar-refractivity contribution is -0.120. The van der Waals surface area contributed by atoms with Crippen LogP contribution < -0.4 is 10.6 Å². The maximum absolute atomic E-state index is 12.8. The minimum atomic E-state index is -0.107. The zero-order valence-corrected chi connectivity index (χ0v) is 17.3. The van der Waals surface area contributed by atoms with Crippen LogP contribution in [0.15, 0.2) is 84.9 Å². The highest BCUT2D eigenvalue weighted by Crippen LogP contribution is 2.14. The summed E-state index contributed by atoms with van der Waals surface area (Å²) < 4.78 is 0. The quantitative estimate of drug-likeness (QED) is 0.593. The average Bonchev–Trinajstić information content (AvgIpc) is 2.78. The van der Waals surface area contributed by atoms with Crippen LogP contribution in [0.1, 0.15) is 34.5 Å². The van der Waals surface area contributed by atoms with Crippen LogP contribution in [0.25, 0.3) is 0 Å². The number of nitrogens with one attached hydrogen (secondary N) is 2. The molecular weight excluding hydrogens is 374 g/mol. The van der Waals surface area contributed by atoms with E-state index in [1.165, 1.54) is 0 Å². The van der Waals surface area contributed by atoms with Crippen molar-refractivity contribution in [3.05, 3.63) is 102 Å². The molecule has 0 aromatic heterocycles. The normalized spacial score (nSPS) is 11.4. The van der Waals surface area contributed by atoms with Crippen molar-refractivity contribution in [2.75, 3.05) is 18.9 Å². The van der Waals surface area contributed by atoms with Crippen molar-refractivity contribution in [2.24, 2.45) is 0 Å². The summed E-state index contributed by atoms with van der Waals surface area (Å²) in [5.41, 5.74) is 3.44. The molecule has 0 saturated carbocycles. The molecule has 5 nitrogen and oxygen atoms in total. The first-order valence-electron chi connectivity index (χ1n) is 10.0. The molecule has 0 aliphatic rings. The second-order valence-corrected chi connectivity index (χ2v) is 7.28. The van der Waals surface area contributed by atoms with Gasteiger partial charge in [0.2, 0.25) is 5.91 Å². The number of carbonyl (C=O) groups is 2. The van der Waals surface area contributed by atoms with E-state index in [0.29, 0.717) is 12.1 Å². The zero-order chi connectivity index (χ0) is 21.3. The Hall–Kier alpha value is -3.60. The summed E-state index contributed by atoms with van der Waals surface area (Å²) in [7, 11) is 1.79. The van der Waals surface area contributed by atoms with Crippen molar-refractivity contribution in [2.45, 2.75) is 19.5 Å². The lowest BCUT2D eigenvalue weighted by atomic mass is 10.1. The molecule has 0 bridgehead atoms. The number of anilines is 1. The van der Waals surface area contributed by atoms with Gasteiger partial charge in [0.25, 0.3) is 5.91 Å². The Bertz CT molecular complexity index is 974. The number of hydrogen-bond acceptors (Lipinski definition) is 3. The van der Waals surface area contributed by atoms with Gasteiger partial charge in [-0.2, -0.15) is 0 Å². The lowest BCUT2D eigenvalue weighted by Crippen LogP contribution is -2.32. The zero-order valence-electron chi connectivity index (χ0n) is 17.3. The van der Waals surface area contributed by atoms with Crippen LogP contribution in [-0.2, 0) is 11.3 Å². The summed E-state index contributed by atoms with van der Waals surface area (Å²) in [6.45, 7) is 2.63. The van der Waals surface area contributed by atoms with Crippen LogP contribution in [0.2, 0.25) is 0 Å². The molecule has 0 fully saturated rings. The molecule has 2 amide bonds. The Morgan fingerprint density at radius 3 is 2.27 bits per heavy atom. The van der Waals surface area contributed by atoms with Crippen molar-refractivity contribution in [1.82, 2.24) is 10.2 Å². The van der Waals surface area contributed by atoms with Gasteiger partial charge in [0.1, 0.15) is 0 Å². The Labute approximate surface area is 177 Å². The first kappa shape index (κ1) is 21.1. The highest BCUT2D eigenvalue weighted by molar-refractivity contribution is 5.95. The molecule has 154 valence electrons. The third-order valence-electron chi connectivity index (χ3n) is 4.85. The summed E-state index contributed by atoms with van der Waals surface area (Å²) in [5.74, 6) is -0.172. The van der Waals surface area contributed by atoms with Gasteiger partial charge >= 0.3 is 0 Å². The summed E-state index contributed by atoms with van der Waals surface area (Å²) in [6.07, 6.45) is 0. The molecule has 0 aliphatic carbocycles. The highest BCUT2D eigenvalue weighted by atomic mass is 16.2. The van der Waals surface area contributed by atoms with E-state index >= 15 is 0 Å². The maximum Gasteiger partial charge on any atom is 0.253 e. The number of carbonyl (C=O) groups excluding carboxylic acids is 2. The fourth-order valence-electron chi connectivity index (χ4n) is 3.21. The third-order valence-corrected chi connectivity index (χ3v) is 4.85. The van der Waals surface area contributed by atoms with Gasteiger partial charge < -0.3 is 15.5 Å². The van der Waals surface area contributed by atoms with E-state index in [1.807, 2.05) is 79.7 Å². The number of rotatable bonds is 8. The standard InChI is InChI=1S/C25H27N3O2/c1-19(21-12-7-4-8-13-21)27-24(29)17-26-23-15-9-14-22(16-23)25(30)28(2)18-20-10-5-3-6-11-20/h3-16,19,26H,17-18H2,1-2H3,(H,27,29). The van der Waals surface area contributed by atoms with Crippen molar-refractivity contribution in [3.8, 4) is 0 Å². The largest absolute Gasteiger partial charge is 0.376 e. The van der Waals surface area contributed by atoms with Gasteiger partial charge in [0.15, 0.2) is 0 Å². The minimum absolute atomic E-state index is 0.0651. The second-order valence-electron chi connectivity index (χ2n) is 7.28. The molecule has 2 N–H and O–H groups in total. The number of benzene rings is 3. The van der Waals surface area contributed by atoms with E-state index in [-0.39, 0.29) is 24.4 Å². The molecule has 0 spiro atoms. The Morgan fingerprint density at radius 1 is 0.900 bits per heavy atom. The van der Waals surface area contributed by atoms with Crippen molar-refractivity contribution < 1.29 is 9.59 Å². The van der Waals surface area contributed by atoms with Gasteiger partial charge in [-0.05, 0) is 36.2 Å². The summed E-state index contributed by atoms with van der Waals surface area (Å²) >= 11 is 0. The SMILES string of the molecule is CC(NC(=O)CNc1cccc(C(=O)N(C)Cc2ccccc2)c1)c1ccccc1. The van der Waals surface area contributed by atoms with E-state index in [4.69, 9.17) is 0 Å². The molecule has 0 aliphatic heterocycles. The van der Waals surface area contributed by atoms with Crippen LogP contribution >= 0.6 is 0 Å². The molecule has 0 saturated heterocycles. The van der Waals surface area contributed by atoms with Crippen molar-refractivity contribution in [1.29, 1.82) is 0 Å². The van der Waals surface area contributed by atoms with E-state index < -0.39 is 0 Å². The van der Waals surface area contributed by atoms with Crippen molar-refractivity contribution >= 4 is 17.5 Å². The topological polar surface area (TPSA) is 61.4 Å². The van der Waals surface area contributed by atoms with Crippen LogP contribution in [-0.4, -0.2) is 30.3 Å². The fraction of sp³-hybridized carbons (Fsp3) is 0.200. The molecule has 0 heterocycles. The molecule has 3 aromatic carbocycles. The number of nitrogens with zero attached hydrogens (tertiary/aromatic N) is 1. The number of amides is 2. The van der Waals surface area contributed by atoms with Gasteiger partial charge in [-0.25, -0.2) is 0 Å². The number of hydrogen-bond donors (Lipinski definition) is 2. The highest BCUT2D eigenvalue weighted by Gasteiger charge is 2.13. The molecule has 3 rings (SSSR count). The van der Waals surface area contributed by atoms with Crippen molar-refractivity contribution in [3.63, 3.8) is 0 Å². The Morgan fingerprint density at radius 2 is 1.57 bits per heavy atom. The third kappa shape index (κ3) is 5.95. The molecule has 30 heavy (non-hydrogen) atoms. The van der Waals surface area contributed by atoms with E-state index in [2.05, 4.69) is 10.6 Å². The minimum Gasteiger partial charge on any atom is -0.376 e. The second kappa shape index (κ2) is 10.3. The first-order valence-corrected chi connectivity index (χ1v) is 10.0. The van der Waals surface area contributed by atoms with E-state index in [9.17, 15) is 9.59 Å². The van der Waals surface area contributed by atoms with Gasteiger partial charge in [-0.1, -0.05) is 66.7 Å². The lowest BCUT2D eigenvalue weighted by Gasteiger charge is -2.18. The smallest absolute Gasteiger partial charge is 0.253 e. The molecule has 3 aromatic rings. The van der Waals surface area contributed by atoms with E-state index in [1.54, 1.807) is 24.1 Å². The molecular formula is C25H27N3O2.